The molecule has 1 aliphatic heterocycles. The predicted molar refractivity (Wildman–Crippen MR) is 44.5 cm³/mol. The molecule has 2 unspecified atom stereocenters. The van der Waals surface area contributed by atoms with Gasteiger partial charge in [0.1, 0.15) is 0 Å². The van der Waals surface area contributed by atoms with Crippen LogP contribution in [0, 0.1) is 5.92 Å². The molecule has 1 rings (SSSR count). The Kier molecular flexibility index (Phi) is 2.62. The van der Waals surface area contributed by atoms with Gasteiger partial charge in [-0.3, -0.25) is 0 Å². The molecule has 1 aliphatic rings. The number of alkyl halides is 3. The number of hydrogen-bond donors (Lipinski definition) is 0. The third-order valence-electron chi connectivity index (χ3n) is 1.55. The highest BCUT2D eigenvalue weighted by Gasteiger charge is 2.48. The van der Waals surface area contributed by atoms with Crippen molar-refractivity contribution in [1.29, 1.82) is 0 Å². The fourth-order valence-electron chi connectivity index (χ4n) is 1.03. The van der Waals surface area contributed by atoms with Gasteiger partial charge in [0.05, 0.1) is 27.2 Å². The summed E-state index contributed by atoms with van der Waals surface area (Å²) in [6.07, 6.45) is -4.70. The summed E-state index contributed by atoms with van der Waals surface area (Å²) in [5.41, 5.74) is 0. The van der Waals surface area contributed by atoms with E-state index in [9.17, 15) is 25.8 Å². The number of halogens is 3. The highest BCUT2D eigenvalue weighted by atomic mass is 32.3. The lowest BCUT2D eigenvalue weighted by Gasteiger charge is -2.25. The Labute approximate surface area is 79.4 Å². The first-order valence-corrected chi connectivity index (χ1v) is 6.77. The van der Waals surface area contributed by atoms with E-state index in [1.165, 1.54) is 0 Å². The standard InChI is InChI=1S/C5H7F3O4S2/c1-13(9)2-4(5(6,7)8)3-14(10,11)12-13/h4H,1-3H2. The minimum atomic E-state index is -4.70. The van der Waals surface area contributed by atoms with Crippen molar-refractivity contribution in [3.05, 3.63) is 0 Å². The van der Waals surface area contributed by atoms with Gasteiger partial charge < -0.3 is 0 Å². The molecular formula is C5H7F3O4S2. The lowest BCUT2D eigenvalue weighted by Crippen LogP contribution is -2.41. The maximum absolute atomic E-state index is 12.2. The number of rotatable bonds is 0. The van der Waals surface area contributed by atoms with Crippen LogP contribution in [0.4, 0.5) is 13.2 Å². The van der Waals surface area contributed by atoms with Crippen LogP contribution in [-0.2, 0) is 23.6 Å². The molecule has 1 heterocycles. The summed E-state index contributed by atoms with van der Waals surface area (Å²) in [6, 6.07) is 0. The molecule has 2 atom stereocenters. The third-order valence-corrected chi connectivity index (χ3v) is 5.09. The molecule has 0 saturated carbocycles. The van der Waals surface area contributed by atoms with Crippen molar-refractivity contribution < 1.29 is 29.4 Å². The highest BCUT2D eigenvalue weighted by molar-refractivity contribution is 8.05. The third kappa shape index (κ3) is 2.85. The van der Waals surface area contributed by atoms with Gasteiger partial charge in [0.15, 0.2) is 0 Å². The zero-order valence-corrected chi connectivity index (χ0v) is 8.42. The second-order valence-electron chi connectivity index (χ2n) is 2.94. The van der Waals surface area contributed by atoms with Gasteiger partial charge in [-0.1, -0.05) is 0 Å². The van der Waals surface area contributed by atoms with Gasteiger partial charge in [0.2, 0.25) is 0 Å². The molecule has 4 nitrogen and oxygen atoms in total. The summed E-state index contributed by atoms with van der Waals surface area (Å²) in [7, 11) is -8.01. The number of hydrogen-bond acceptors (Lipinski definition) is 4. The molecule has 0 aromatic rings. The molecule has 0 aliphatic carbocycles. The molecule has 14 heavy (non-hydrogen) atoms. The summed E-state index contributed by atoms with van der Waals surface area (Å²) < 4.78 is 73.1. The molecule has 84 valence electrons. The Morgan fingerprint density at radius 2 is 1.71 bits per heavy atom. The van der Waals surface area contributed by atoms with Crippen molar-refractivity contribution in [3.63, 3.8) is 0 Å². The maximum Gasteiger partial charge on any atom is 0.393 e. The average Bonchev–Trinajstić information content (AvgIpc) is 1.76. The molecule has 1 saturated heterocycles. The van der Waals surface area contributed by atoms with Crippen LogP contribution >= 0.6 is 0 Å². The molecule has 0 bridgehead atoms. The monoisotopic (exact) mass is 252 g/mol. The molecule has 0 spiro atoms. The van der Waals surface area contributed by atoms with Gasteiger partial charge in [-0.2, -0.15) is 25.2 Å². The topological polar surface area (TPSA) is 60.4 Å². The van der Waals surface area contributed by atoms with E-state index in [1.807, 2.05) is 0 Å². The lowest BCUT2D eigenvalue weighted by molar-refractivity contribution is -0.163. The molecule has 0 aromatic heterocycles. The van der Waals surface area contributed by atoms with Gasteiger partial charge in [-0.15, -0.1) is 0 Å². The SMILES string of the molecule is C=S1(=O)CC(C(F)(F)F)CS(=O)(=O)O1. The smallest absolute Gasteiger partial charge is 0.240 e. The first-order valence-electron chi connectivity index (χ1n) is 3.37. The van der Waals surface area contributed by atoms with Gasteiger partial charge >= 0.3 is 6.18 Å². The molecular weight excluding hydrogens is 245 g/mol. The quantitative estimate of drug-likeness (QED) is 0.576. The first kappa shape index (κ1) is 11.8. The largest absolute Gasteiger partial charge is 0.393 e. The predicted octanol–water partition coefficient (Wildman–Crippen LogP) is 0.156. The molecule has 0 N–H and O–H groups in total. The van der Waals surface area contributed by atoms with E-state index in [0.717, 1.165) is 0 Å². The average molecular weight is 252 g/mol. The first-order chi connectivity index (χ1) is 6.02. The van der Waals surface area contributed by atoms with Crippen LogP contribution < -0.4 is 0 Å². The summed E-state index contributed by atoms with van der Waals surface area (Å²) in [5, 5.41) is 0. The van der Waals surface area contributed by atoms with Crippen LogP contribution in [0.15, 0.2) is 0 Å². The zero-order valence-electron chi connectivity index (χ0n) is 6.78. The van der Waals surface area contributed by atoms with E-state index < -0.39 is 43.5 Å². The summed E-state index contributed by atoms with van der Waals surface area (Å²) in [6.45, 7) is 0. The van der Waals surface area contributed by atoms with Gasteiger partial charge in [-0.05, 0) is 5.87 Å². The summed E-state index contributed by atoms with van der Waals surface area (Å²) in [5.74, 6) is -1.44. The molecule has 1 fully saturated rings. The van der Waals surface area contributed by atoms with Crippen LogP contribution in [0.2, 0.25) is 0 Å². The van der Waals surface area contributed by atoms with Gasteiger partial charge in [0, 0.05) is 0 Å². The minimum absolute atomic E-state index is 0.907. The van der Waals surface area contributed by atoms with Crippen molar-refractivity contribution in [3.8, 4) is 0 Å². The van der Waals surface area contributed by atoms with Gasteiger partial charge in [0.25, 0.3) is 10.1 Å². The Balaban J connectivity index is 3.06. The zero-order chi connectivity index (χ0) is 11.2. The van der Waals surface area contributed by atoms with Gasteiger partial charge in [-0.25, -0.2) is 4.21 Å². The molecule has 0 aromatic carbocycles. The van der Waals surface area contributed by atoms with Crippen molar-refractivity contribution in [2.24, 2.45) is 5.92 Å². The normalized spacial score (nSPS) is 38.1. The lowest BCUT2D eigenvalue weighted by atomic mass is 10.2. The molecule has 9 heteroatoms. The van der Waals surface area contributed by atoms with Crippen LogP contribution in [-0.4, -0.2) is 36.2 Å². The maximum atomic E-state index is 12.2. The Morgan fingerprint density at radius 3 is 2.07 bits per heavy atom. The van der Waals surface area contributed by atoms with E-state index in [0.29, 0.717) is 0 Å². The van der Waals surface area contributed by atoms with Crippen LogP contribution in [0.25, 0.3) is 0 Å². The summed E-state index contributed by atoms with van der Waals surface area (Å²) in [4.78, 5) is 0. The van der Waals surface area contributed by atoms with E-state index in [1.54, 1.807) is 0 Å². The second kappa shape index (κ2) is 3.11. The van der Waals surface area contributed by atoms with Crippen LogP contribution in [0.5, 0.6) is 0 Å². The van der Waals surface area contributed by atoms with E-state index in [2.05, 4.69) is 9.50 Å². The minimum Gasteiger partial charge on any atom is -0.240 e. The highest BCUT2D eigenvalue weighted by Crippen LogP contribution is 2.32. The molecule has 0 radical (unpaired) electrons. The Bertz CT molecular complexity index is 384. The van der Waals surface area contributed by atoms with Crippen molar-refractivity contribution in [1.82, 2.24) is 0 Å². The second-order valence-corrected chi connectivity index (χ2v) is 6.75. The molecule has 0 amide bonds. The fraction of sp³-hybridized carbons (Fsp3) is 0.800. The van der Waals surface area contributed by atoms with Crippen molar-refractivity contribution in [2.45, 2.75) is 6.18 Å². The summed E-state index contributed by atoms with van der Waals surface area (Å²) >= 11 is 0. The Hall–Kier alpha value is -0.280. The van der Waals surface area contributed by atoms with E-state index >= 15 is 0 Å². The fourth-order valence-corrected chi connectivity index (χ4v) is 4.86. The van der Waals surface area contributed by atoms with Crippen molar-refractivity contribution in [2.75, 3.05) is 11.5 Å². The van der Waals surface area contributed by atoms with Crippen molar-refractivity contribution >= 4 is 25.8 Å². The van der Waals surface area contributed by atoms with Crippen LogP contribution in [0.1, 0.15) is 0 Å². The van der Waals surface area contributed by atoms with Crippen LogP contribution in [0.3, 0.4) is 0 Å². The Morgan fingerprint density at radius 1 is 1.21 bits per heavy atom. The van der Waals surface area contributed by atoms with E-state index in [-0.39, 0.29) is 0 Å². The van der Waals surface area contributed by atoms with E-state index in [4.69, 9.17) is 0 Å².